The smallest absolute Gasteiger partial charge is 0.319 e. The predicted molar refractivity (Wildman–Crippen MR) is 102 cm³/mol. The summed E-state index contributed by atoms with van der Waals surface area (Å²) in [5.74, 6) is -0.282. The number of halogens is 2. The second-order valence-corrected chi connectivity index (χ2v) is 6.40. The van der Waals surface area contributed by atoms with E-state index < -0.39 is 0 Å². The Kier molecular flexibility index (Phi) is 6.67. The molecule has 5 nitrogen and oxygen atoms in total. The highest BCUT2D eigenvalue weighted by atomic mass is 35.5. The van der Waals surface area contributed by atoms with Crippen LogP contribution in [0.1, 0.15) is 21.5 Å². The Morgan fingerprint density at radius 1 is 0.920 bits per heavy atom. The molecule has 0 atom stereocenters. The quantitative estimate of drug-likeness (QED) is 0.682. The van der Waals surface area contributed by atoms with Crippen molar-refractivity contribution in [2.75, 3.05) is 18.4 Å². The van der Waals surface area contributed by atoms with Gasteiger partial charge >= 0.3 is 6.03 Å². The molecule has 0 aliphatic carbocycles. The van der Waals surface area contributed by atoms with Crippen molar-refractivity contribution in [3.05, 3.63) is 63.1 Å². The average molecular weight is 380 g/mol. The largest absolute Gasteiger partial charge is 0.350 e. The maximum absolute atomic E-state index is 12.0. The van der Waals surface area contributed by atoms with Crippen LogP contribution < -0.4 is 16.0 Å². The third-order valence-electron chi connectivity index (χ3n) is 3.52. The zero-order valence-electron chi connectivity index (χ0n) is 14.0. The third kappa shape index (κ3) is 5.66. The van der Waals surface area contributed by atoms with Gasteiger partial charge in [0, 0.05) is 24.3 Å². The molecule has 0 saturated heterocycles. The molecule has 0 bridgehead atoms. The van der Waals surface area contributed by atoms with E-state index >= 15 is 0 Å². The fourth-order valence-corrected chi connectivity index (χ4v) is 2.43. The molecule has 2 rings (SSSR count). The van der Waals surface area contributed by atoms with Gasteiger partial charge in [0.25, 0.3) is 5.91 Å². The van der Waals surface area contributed by atoms with Crippen LogP contribution in [0.2, 0.25) is 10.0 Å². The molecule has 0 spiro atoms. The first-order valence-corrected chi connectivity index (χ1v) is 8.48. The highest BCUT2D eigenvalue weighted by Crippen LogP contribution is 2.22. The van der Waals surface area contributed by atoms with E-state index in [-0.39, 0.29) is 11.9 Å². The molecule has 0 aromatic heterocycles. The molecule has 0 aliphatic heterocycles. The first-order valence-electron chi connectivity index (χ1n) is 7.72. The van der Waals surface area contributed by atoms with E-state index in [1.165, 1.54) is 6.07 Å². The molecule has 0 fully saturated rings. The van der Waals surface area contributed by atoms with Gasteiger partial charge in [0.05, 0.1) is 10.0 Å². The van der Waals surface area contributed by atoms with Crippen molar-refractivity contribution in [1.82, 2.24) is 10.6 Å². The van der Waals surface area contributed by atoms with Gasteiger partial charge in [-0.25, -0.2) is 4.79 Å². The van der Waals surface area contributed by atoms with Crippen molar-refractivity contribution >= 4 is 40.8 Å². The minimum absolute atomic E-state index is 0.282. The van der Waals surface area contributed by atoms with Gasteiger partial charge in [0.15, 0.2) is 0 Å². The van der Waals surface area contributed by atoms with E-state index in [1.54, 1.807) is 12.1 Å². The second kappa shape index (κ2) is 8.74. The first-order chi connectivity index (χ1) is 11.9. The number of nitrogens with one attached hydrogen (secondary N) is 3. The van der Waals surface area contributed by atoms with Gasteiger partial charge in [-0.15, -0.1) is 0 Å². The van der Waals surface area contributed by atoms with Crippen LogP contribution in [0, 0.1) is 13.8 Å². The van der Waals surface area contributed by atoms with E-state index in [2.05, 4.69) is 16.0 Å². The maximum Gasteiger partial charge on any atom is 0.319 e. The lowest BCUT2D eigenvalue weighted by atomic mass is 10.1. The Labute approximate surface area is 156 Å². The highest BCUT2D eigenvalue weighted by Gasteiger charge is 2.08. The molecule has 0 aliphatic rings. The fraction of sp³-hybridized carbons (Fsp3) is 0.222. The van der Waals surface area contributed by atoms with Crippen LogP contribution in [-0.2, 0) is 0 Å². The van der Waals surface area contributed by atoms with Crippen molar-refractivity contribution < 1.29 is 9.59 Å². The van der Waals surface area contributed by atoms with Gasteiger partial charge in [-0.2, -0.15) is 0 Å². The average Bonchev–Trinajstić information content (AvgIpc) is 2.57. The molecule has 25 heavy (non-hydrogen) atoms. The Hall–Kier alpha value is -2.24. The van der Waals surface area contributed by atoms with Gasteiger partial charge in [-0.3, -0.25) is 4.79 Å². The Morgan fingerprint density at radius 2 is 1.64 bits per heavy atom. The number of anilines is 1. The normalized spacial score (nSPS) is 10.2. The SMILES string of the molecule is Cc1ccc(C)c(NC(=O)NCCNC(=O)c2ccc(Cl)c(Cl)c2)c1. The summed E-state index contributed by atoms with van der Waals surface area (Å²) in [5, 5.41) is 8.90. The van der Waals surface area contributed by atoms with E-state index in [0.29, 0.717) is 28.7 Å². The lowest BCUT2D eigenvalue weighted by molar-refractivity contribution is 0.0954. The standard InChI is InChI=1S/C18H19Cl2N3O2/c1-11-3-4-12(2)16(9-11)23-18(25)22-8-7-21-17(24)13-5-6-14(19)15(20)10-13/h3-6,9-10H,7-8H2,1-2H3,(H,21,24)(H2,22,23,25). The Bertz CT molecular complexity index is 794. The van der Waals surface area contributed by atoms with Crippen LogP contribution in [0.5, 0.6) is 0 Å². The molecule has 0 saturated carbocycles. The van der Waals surface area contributed by atoms with Gasteiger partial charge in [-0.05, 0) is 49.2 Å². The summed E-state index contributed by atoms with van der Waals surface area (Å²) < 4.78 is 0. The van der Waals surface area contributed by atoms with Gasteiger partial charge in [0.1, 0.15) is 0 Å². The number of aryl methyl sites for hydroxylation is 2. The minimum atomic E-state index is -0.322. The number of benzene rings is 2. The lowest BCUT2D eigenvalue weighted by Gasteiger charge is -2.11. The maximum atomic E-state index is 12.0. The van der Waals surface area contributed by atoms with E-state index in [0.717, 1.165) is 16.8 Å². The number of amides is 3. The Morgan fingerprint density at radius 3 is 2.36 bits per heavy atom. The van der Waals surface area contributed by atoms with Crippen LogP contribution in [0.25, 0.3) is 0 Å². The molecule has 0 radical (unpaired) electrons. The molecule has 2 aromatic carbocycles. The number of carbonyl (C=O) groups is 2. The number of hydrogen-bond donors (Lipinski definition) is 3. The van der Waals surface area contributed by atoms with Crippen LogP contribution in [0.15, 0.2) is 36.4 Å². The zero-order valence-corrected chi connectivity index (χ0v) is 15.5. The van der Waals surface area contributed by atoms with Crippen molar-refractivity contribution in [2.45, 2.75) is 13.8 Å². The molecule has 7 heteroatoms. The van der Waals surface area contributed by atoms with E-state index in [1.807, 2.05) is 32.0 Å². The summed E-state index contributed by atoms with van der Waals surface area (Å²) in [4.78, 5) is 23.9. The van der Waals surface area contributed by atoms with Crippen molar-refractivity contribution in [2.24, 2.45) is 0 Å². The van der Waals surface area contributed by atoms with Crippen molar-refractivity contribution in [3.8, 4) is 0 Å². The van der Waals surface area contributed by atoms with Gasteiger partial charge in [0.2, 0.25) is 0 Å². The third-order valence-corrected chi connectivity index (χ3v) is 4.26. The lowest BCUT2D eigenvalue weighted by Crippen LogP contribution is -2.36. The van der Waals surface area contributed by atoms with Crippen LogP contribution in [0.4, 0.5) is 10.5 Å². The summed E-state index contributed by atoms with van der Waals surface area (Å²) in [6, 6.07) is 10.2. The van der Waals surface area contributed by atoms with Gasteiger partial charge < -0.3 is 16.0 Å². The molecule has 3 N–H and O–H groups in total. The highest BCUT2D eigenvalue weighted by molar-refractivity contribution is 6.42. The van der Waals surface area contributed by atoms with Crippen LogP contribution in [0.3, 0.4) is 0 Å². The molecule has 132 valence electrons. The number of rotatable bonds is 5. The fourth-order valence-electron chi connectivity index (χ4n) is 2.13. The zero-order chi connectivity index (χ0) is 18.4. The summed E-state index contributed by atoms with van der Waals surface area (Å²) in [7, 11) is 0. The summed E-state index contributed by atoms with van der Waals surface area (Å²) in [5.41, 5.74) is 3.22. The number of hydrogen-bond acceptors (Lipinski definition) is 2. The minimum Gasteiger partial charge on any atom is -0.350 e. The molecule has 0 unspecified atom stereocenters. The number of urea groups is 1. The van der Waals surface area contributed by atoms with E-state index in [4.69, 9.17) is 23.2 Å². The summed E-state index contributed by atoms with van der Waals surface area (Å²) >= 11 is 11.7. The van der Waals surface area contributed by atoms with E-state index in [9.17, 15) is 9.59 Å². The molecule has 2 aromatic rings. The summed E-state index contributed by atoms with van der Waals surface area (Å²) in [6.45, 7) is 4.47. The van der Waals surface area contributed by atoms with Crippen LogP contribution in [-0.4, -0.2) is 25.0 Å². The molecule has 0 heterocycles. The monoisotopic (exact) mass is 379 g/mol. The molecular formula is C18H19Cl2N3O2. The Balaban J connectivity index is 1.76. The number of carbonyl (C=O) groups excluding carboxylic acids is 2. The second-order valence-electron chi connectivity index (χ2n) is 5.58. The predicted octanol–water partition coefficient (Wildman–Crippen LogP) is 4.16. The van der Waals surface area contributed by atoms with Crippen molar-refractivity contribution in [3.63, 3.8) is 0 Å². The topological polar surface area (TPSA) is 70.2 Å². The molecular weight excluding hydrogens is 361 g/mol. The van der Waals surface area contributed by atoms with Crippen LogP contribution >= 0.6 is 23.2 Å². The van der Waals surface area contributed by atoms with Crippen molar-refractivity contribution in [1.29, 1.82) is 0 Å². The first kappa shape index (κ1) is 19.1. The summed E-state index contributed by atoms with van der Waals surface area (Å²) in [6.07, 6.45) is 0. The van der Waals surface area contributed by atoms with Gasteiger partial charge in [-0.1, -0.05) is 35.3 Å². The molecule has 3 amide bonds.